The van der Waals surface area contributed by atoms with E-state index in [0.29, 0.717) is 31.2 Å². The SMILES string of the molecule is N=S(c1ccc(Cl)c(N)c1)S(=N)c1ccc(Cl)c(N)c1. The van der Waals surface area contributed by atoms with E-state index < -0.39 is 19.4 Å². The molecule has 2 aromatic carbocycles. The van der Waals surface area contributed by atoms with Gasteiger partial charge >= 0.3 is 0 Å². The first-order valence-electron chi connectivity index (χ1n) is 5.41. The summed E-state index contributed by atoms with van der Waals surface area (Å²) < 4.78 is 16.5. The van der Waals surface area contributed by atoms with Gasteiger partial charge in [0.1, 0.15) is 0 Å². The zero-order valence-electron chi connectivity index (χ0n) is 10.2. The third-order valence-electron chi connectivity index (χ3n) is 2.53. The fraction of sp³-hybridized carbons (Fsp3) is 0. The summed E-state index contributed by atoms with van der Waals surface area (Å²) in [6.45, 7) is 0. The molecule has 0 saturated carbocycles. The Labute approximate surface area is 131 Å². The first kappa shape index (κ1) is 15.3. The van der Waals surface area contributed by atoms with Crippen LogP contribution in [-0.2, 0) is 19.4 Å². The first-order valence-corrected chi connectivity index (χ1v) is 9.14. The van der Waals surface area contributed by atoms with E-state index in [1.54, 1.807) is 36.4 Å². The van der Waals surface area contributed by atoms with Gasteiger partial charge < -0.3 is 11.5 Å². The van der Waals surface area contributed by atoms with Crippen LogP contribution in [0, 0.1) is 9.56 Å². The topological polar surface area (TPSA) is 99.7 Å². The van der Waals surface area contributed by atoms with E-state index in [1.807, 2.05) is 0 Å². The number of nitrogens with one attached hydrogen (secondary N) is 2. The van der Waals surface area contributed by atoms with Crippen LogP contribution in [-0.4, -0.2) is 0 Å². The molecule has 0 saturated heterocycles. The fourth-order valence-electron chi connectivity index (χ4n) is 1.47. The molecule has 0 fully saturated rings. The van der Waals surface area contributed by atoms with Gasteiger partial charge in [0.05, 0.1) is 21.4 Å². The van der Waals surface area contributed by atoms with Crippen LogP contribution in [0.5, 0.6) is 0 Å². The van der Waals surface area contributed by atoms with Gasteiger partial charge in [0.2, 0.25) is 0 Å². The Morgan fingerprint density at radius 3 is 1.40 bits per heavy atom. The van der Waals surface area contributed by atoms with E-state index in [2.05, 4.69) is 0 Å². The van der Waals surface area contributed by atoms with Crippen LogP contribution in [0.1, 0.15) is 0 Å². The largest absolute Gasteiger partial charge is 0.397 e. The normalized spacial score (nSPS) is 13.9. The van der Waals surface area contributed by atoms with Crippen LogP contribution >= 0.6 is 23.2 Å². The maximum Gasteiger partial charge on any atom is 0.0636 e. The molecule has 0 heterocycles. The van der Waals surface area contributed by atoms with E-state index in [-0.39, 0.29) is 0 Å². The molecule has 0 aliphatic heterocycles. The Bertz CT molecular complexity index is 657. The van der Waals surface area contributed by atoms with Crippen molar-refractivity contribution in [2.75, 3.05) is 11.5 Å². The lowest BCUT2D eigenvalue weighted by Crippen LogP contribution is -2.00. The van der Waals surface area contributed by atoms with Crippen molar-refractivity contribution >= 4 is 54.0 Å². The minimum absolute atomic E-state index is 0.418. The quantitative estimate of drug-likeness (QED) is 0.493. The van der Waals surface area contributed by atoms with E-state index in [1.165, 1.54) is 0 Å². The van der Waals surface area contributed by atoms with E-state index in [0.717, 1.165) is 0 Å². The molecular weight excluding hydrogens is 335 g/mol. The highest BCUT2D eigenvalue weighted by Crippen LogP contribution is 2.27. The number of benzene rings is 2. The van der Waals surface area contributed by atoms with Gasteiger partial charge in [-0.1, -0.05) is 23.2 Å². The third kappa shape index (κ3) is 3.15. The summed E-state index contributed by atoms with van der Waals surface area (Å²) in [6.07, 6.45) is 0. The number of nitrogens with two attached hydrogens (primary N) is 2. The van der Waals surface area contributed by atoms with Crippen LogP contribution < -0.4 is 11.5 Å². The smallest absolute Gasteiger partial charge is 0.0636 e. The van der Waals surface area contributed by atoms with Gasteiger partial charge in [-0.2, -0.15) is 0 Å². The highest BCUT2D eigenvalue weighted by atomic mass is 35.5. The van der Waals surface area contributed by atoms with Crippen molar-refractivity contribution < 1.29 is 0 Å². The van der Waals surface area contributed by atoms with Crippen LogP contribution in [0.3, 0.4) is 0 Å². The van der Waals surface area contributed by atoms with Crippen LogP contribution in [0.4, 0.5) is 11.4 Å². The summed E-state index contributed by atoms with van der Waals surface area (Å²) in [5.41, 5.74) is 12.3. The number of hydrogen-bond acceptors (Lipinski definition) is 4. The molecule has 6 N–H and O–H groups in total. The van der Waals surface area contributed by atoms with E-state index in [9.17, 15) is 0 Å². The molecule has 0 aliphatic carbocycles. The summed E-state index contributed by atoms with van der Waals surface area (Å²) in [6, 6.07) is 10.0. The summed E-state index contributed by atoms with van der Waals surface area (Å²) >= 11 is 11.7. The maximum atomic E-state index is 8.23. The Morgan fingerprint density at radius 2 is 1.10 bits per heavy atom. The average Bonchev–Trinajstić information content (AvgIpc) is 2.43. The number of nitrogen functional groups attached to an aromatic ring is 2. The van der Waals surface area contributed by atoms with Gasteiger partial charge in [0.15, 0.2) is 0 Å². The molecule has 0 radical (unpaired) electrons. The summed E-state index contributed by atoms with van der Waals surface area (Å²) in [4.78, 5) is 1.36. The maximum absolute atomic E-state index is 8.23. The molecule has 0 bridgehead atoms. The lowest BCUT2D eigenvalue weighted by atomic mass is 10.3. The molecule has 4 nitrogen and oxygen atoms in total. The van der Waals surface area contributed by atoms with Gasteiger partial charge in [0.25, 0.3) is 0 Å². The van der Waals surface area contributed by atoms with Crippen molar-refractivity contribution in [1.29, 1.82) is 9.56 Å². The second-order valence-corrected chi connectivity index (χ2v) is 8.74. The molecule has 2 atom stereocenters. The summed E-state index contributed by atoms with van der Waals surface area (Å²) in [7, 11) is -2.11. The molecule has 0 spiro atoms. The standard InChI is InChI=1S/C12H12Cl2N4S2/c13-9-3-1-7(5-11(9)15)19(17)20(18)8-2-4-10(14)12(16)6-8/h1-6,17-18H,15-16H2. The second-order valence-electron chi connectivity index (χ2n) is 3.90. The zero-order chi connectivity index (χ0) is 14.9. The molecule has 20 heavy (non-hydrogen) atoms. The monoisotopic (exact) mass is 346 g/mol. The van der Waals surface area contributed by atoms with Gasteiger partial charge in [0, 0.05) is 29.2 Å². The number of hydrogen-bond donors (Lipinski definition) is 4. The molecule has 0 aromatic heterocycles. The van der Waals surface area contributed by atoms with Crippen molar-refractivity contribution in [2.45, 2.75) is 9.79 Å². The average molecular weight is 347 g/mol. The summed E-state index contributed by atoms with van der Waals surface area (Å²) in [5, 5.41) is 0.901. The lowest BCUT2D eigenvalue weighted by molar-refractivity contribution is 1.42. The number of halogens is 2. The molecular formula is C12H12Cl2N4S2. The van der Waals surface area contributed by atoms with Gasteiger partial charge in [-0.3, -0.25) is 9.56 Å². The predicted octanol–water partition coefficient (Wildman–Crippen LogP) is 4.25. The Balaban J connectivity index is 2.34. The van der Waals surface area contributed by atoms with Crippen LogP contribution in [0.25, 0.3) is 0 Å². The molecule has 2 unspecified atom stereocenters. The van der Waals surface area contributed by atoms with E-state index in [4.69, 9.17) is 44.2 Å². The Hall–Kier alpha value is -1.08. The lowest BCUT2D eigenvalue weighted by Gasteiger charge is -2.11. The Kier molecular flexibility index (Phi) is 4.70. The number of anilines is 2. The van der Waals surface area contributed by atoms with Crippen LogP contribution in [0.2, 0.25) is 10.0 Å². The van der Waals surface area contributed by atoms with Crippen LogP contribution in [0.15, 0.2) is 46.2 Å². The minimum Gasteiger partial charge on any atom is -0.397 e. The first-order chi connectivity index (χ1) is 9.40. The molecule has 2 aromatic rings. The Morgan fingerprint density at radius 1 is 0.750 bits per heavy atom. The highest BCUT2D eigenvalue weighted by molar-refractivity contribution is 8.61. The molecule has 0 aliphatic rings. The second kappa shape index (κ2) is 6.13. The predicted molar refractivity (Wildman–Crippen MR) is 88.4 cm³/mol. The fourth-order valence-corrected chi connectivity index (χ4v) is 4.71. The zero-order valence-corrected chi connectivity index (χ0v) is 13.3. The van der Waals surface area contributed by atoms with E-state index >= 15 is 0 Å². The molecule has 2 rings (SSSR count). The van der Waals surface area contributed by atoms with Gasteiger partial charge in [-0.05, 0) is 36.4 Å². The van der Waals surface area contributed by atoms with Crippen molar-refractivity contribution in [1.82, 2.24) is 0 Å². The number of rotatable bonds is 3. The molecule has 8 heteroatoms. The highest BCUT2D eigenvalue weighted by Gasteiger charge is 2.10. The van der Waals surface area contributed by atoms with Crippen molar-refractivity contribution in [2.24, 2.45) is 0 Å². The van der Waals surface area contributed by atoms with Gasteiger partial charge in [-0.15, -0.1) is 0 Å². The van der Waals surface area contributed by atoms with Crippen molar-refractivity contribution in [3.8, 4) is 0 Å². The van der Waals surface area contributed by atoms with Crippen molar-refractivity contribution in [3.63, 3.8) is 0 Å². The molecule has 106 valence electrons. The third-order valence-corrected chi connectivity index (χ3v) is 7.07. The summed E-state index contributed by atoms with van der Waals surface area (Å²) in [5.74, 6) is 0. The minimum atomic E-state index is -1.06. The van der Waals surface area contributed by atoms with Crippen molar-refractivity contribution in [3.05, 3.63) is 46.4 Å². The molecule has 0 amide bonds. The van der Waals surface area contributed by atoms with Gasteiger partial charge in [-0.25, -0.2) is 0 Å².